The van der Waals surface area contributed by atoms with E-state index in [1.54, 1.807) is 24.3 Å². The quantitative estimate of drug-likeness (QED) is 0.563. The summed E-state index contributed by atoms with van der Waals surface area (Å²) < 4.78 is 22.4. The van der Waals surface area contributed by atoms with E-state index in [2.05, 4.69) is 10.2 Å². The maximum Gasteiger partial charge on any atom is 0.349 e. The first kappa shape index (κ1) is 21.7. The zero-order valence-corrected chi connectivity index (χ0v) is 18.2. The molecule has 1 fully saturated rings. The first-order valence-electron chi connectivity index (χ1n) is 10.7. The van der Waals surface area contributed by atoms with Gasteiger partial charge in [-0.2, -0.15) is 0 Å². The highest BCUT2D eigenvalue weighted by molar-refractivity contribution is 6.06. The lowest BCUT2D eigenvalue weighted by Gasteiger charge is -2.31. The van der Waals surface area contributed by atoms with Gasteiger partial charge in [0, 0.05) is 30.6 Å². The average Bonchev–Trinajstić information content (AvgIpc) is 2.81. The minimum absolute atomic E-state index is 0.0821. The van der Waals surface area contributed by atoms with Crippen LogP contribution in [0.15, 0.2) is 51.7 Å². The number of morpholine rings is 1. The number of amides is 1. The number of hydrogen-bond donors (Lipinski definition) is 1. The maximum atomic E-state index is 13.0. The zero-order valence-electron chi connectivity index (χ0n) is 18.2. The van der Waals surface area contributed by atoms with Gasteiger partial charge in [-0.05, 0) is 26.0 Å². The first-order chi connectivity index (χ1) is 15.6. The molecule has 1 aliphatic heterocycles. The van der Waals surface area contributed by atoms with E-state index in [0.717, 1.165) is 18.8 Å². The van der Waals surface area contributed by atoms with Crippen LogP contribution in [0.5, 0.6) is 11.5 Å². The van der Waals surface area contributed by atoms with Gasteiger partial charge >= 0.3 is 5.63 Å². The fourth-order valence-corrected chi connectivity index (χ4v) is 3.65. The Morgan fingerprint density at radius 2 is 1.75 bits per heavy atom. The fraction of sp³-hybridized carbons (Fsp3) is 0.333. The molecular formula is C24H26N2O6. The third kappa shape index (κ3) is 4.55. The normalized spacial score (nSPS) is 13.8. The zero-order chi connectivity index (χ0) is 22.5. The molecule has 2 aromatic carbocycles. The standard InChI is InChI=1S/C24H26N2O6/c1-3-30-21-15-19(26-9-11-29-12-10-26)22(31-4-2)14-18(21)25-23(27)17-13-16-7-5-6-8-20(16)32-24(17)28/h5-8,13-15H,3-4,9-12H2,1-2H3,(H,25,27). The van der Waals surface area contributed by atoms with Gasteiger partial charge in [-0.1, -0.05) is 18.2 Å². The van der Waals surface area contributed by atoms with Crippen LogP contribution < -0.4 is 25.3 Å². The van der Waals surface area contributed by atoms with Crippen molar-refractivity contribution in [3.05, 3.63) is 58.4 Å². The van der Waals surface area contributed by atoms with E-state index in [4.69, 9.17) is 18.6 Å². The van der Waals surface area contributed by atoms with Crippen molar-refractivity contribution in [1.82, 2.24) is 0 Å². The third-order valence-electron chi connectivity index (χ3n) is 5.15. The highest BCUT2D eigenvalue weighted by atomic mass is 16.5. The second-order valence-corrected chi connectivity index (χ2v) is 7.22. The minimum atomic E-state index is -0.700. The van der Waals surface area contributed by atoms with E-state index in [9.17, 15) is 9.59 Å². The Kier molecular flexibility index (Phi) is 6.61. The summed E-state index contributed by atoms with van der Waals surface area (Å²) in [6, 6.07) is 12.2. The van der Waals surface area contributed by atoms with E-state index < -0.39 is 11.5 Å². The number of nitrogens with one attached hydrogen (secondary N) is 1. The molecule has 1 aromatic heterocycles. The van der Waals surface area contributed by atoms with Gasteiger partial charge < -0.3 is 28.8 Å². The lowest BCUT2D eigenvalue weighted by atomic mass is 10.1. The van der Waals surface area contributed by atoms with Crippen LogP contribution in [0.4, 0.5) is 11.4 Å². The van der Waals surface area contributed by atoms with Gasteiger partial charge in [-0.3, -0.25) is 4.79 Å². The highest BCUT2D eigenvalue weighted by Crippen LogP contribution is 2.39. The van der Waals surface area contributed by atoms with Crippen molar-refractivity contribution in [3.8, 4) is 11.5 Å². The Bertz CT molecular complexity index is 1170. The fourth-order valence-electron chi connectivity index (χ4n) is 3.65. The van der Waals surface area contributed by atoms with Crippen LogP contribution in [0.2, 0.25) is 0 Å². The molecule has 0 unspecified atom stereocenters. The van der Waals surface area contributed by atoms with Gasteiger partial charge in [-0.25, -0.2) is 4.79 Å². The molecule has 168 valence electrons. The smallest absolute Gasteiger partial charge is 0.349 e. The Morgan fingerprint density at radius 1 is 1.03 bits per heavy atom. The molecule has 1 saturated heterocycles. The molecule has 0 radical (unpaired) electrons. The second kappa shape index (κ2) is 9.74. The van der Waals surface area contributed by atoms with Crippen molar-refractivity contribution in [2.45, 2.75) is 13.8 Å². The number of carbonyl (C=O) groups is 1. The van der Waals surface area contributed by atoms with Crippen LogP contribution in [0.25, 0.3) is 11.0 Å². The molecule has 8 heteroatoms. The molecule has 32 heavy (non-hydrogen) atoms. The molecule has 2 heterocycles. The Morgan fingerprint density at radius 3 is 2.50 bits per heavy atom. The van der Waals surface area contributed by atoms with Crippen molar-refractivity contribution in [2.75, 3.05) is 49.7 Å². The van der Waals surface area contributed by atoms with Crippen LogP contribution >= 0.6 is 0 Å². The van der Waals surface area contributed by atoms with Crippen molar-refractivity contribution in [2.24, 2.45) is 0 Å². The van der Waals surface area contributed by atoms with Crippen molar-refractivity contribution >= 4 is 28.3 Å². The lowest BCUT2D eigenvalue weighted by molar-refractivity contribution is 0.102. The summed E-state index contributed by atoms with van der Waals surface area (Å²) in [5.41, 5.74) is 0.944. The second-order valence-electron chi connectivity index (χ2n) is 7.22. The van der Waals surface area contributed by atoms with Crippen LogP contribution in [0.3, 0.4) is 0 Å². The van der Waals surface area contributed by atoms with E-state index in [0.29, 0.717) is 54.6 Å². The monoisotopic (exact) mass is 438 g/mol. The third-order valence-corrected chi connectivity index (χ3v) is 5.15. The first-order valence-corrected chi connectivity index (χ1v) is 10.7. The molecular weight excluding hydrogens is 412 g/mol. The molecule has 4 rings (SSSR count). The summed E-state index contributed by atoms with van der Waals surface area (Å²) in [6.45, 7) is 7.37. The summed E-state index contributed by atoms with van der Waals surface area (Å²) >= 11 is 0. The van der Waals surface area contributed by atoms with Gasteiger partial charge in [0.05, 0.1) is 37.8 Å². The number of rotatable bonds is 7. The average molecular weight is 438 g/mol. The van der Waals surface area contributed by atoms with Gasteiger partial charge in [0.2, 0.25) is 0 Å². The number of anilines is 2. The molecule has 0 bridgehead atoms. The molecule has 1 aliphatic rings. The minimum Gasteiger partial charge on any atom is -0.492 e. The van der Waals surface area contributed by atoms with Gasteiger partial charge in [-0.15, -0.1) is 0 Å². The topological polar surface area (TPSA) is 90.2 Å². The van der Waals surface area contributed by atoms with Crippen LogP contribution in [-0.2, 0) is 4.74 Å². The molecule has 0 saturated carbocycles. The largest absolute Gasteiger partial charge is 0.492 e. The van der Waals surface area contributed by atoms with E-state index in [-0.39, 0.29) is 5.56 Å². The van der Waals surface area contributed by atoms with Crippen molar-refractivity contribution in [3.63, 3.8) is 0 Å². The van der Waals surface area contributed by atoms with Gasteiger partial charge in [0.25, 0.3) is 5.91 Å². The van der Waals surface area contributed by atoms with Crippen LogP contribution in [-0.4, -0.2) is 45.4 Å². The predicted molar refractivity (Wildman–Crippen MR) is 122 cm³/mol. The molecule has 1 amide bonds. The van der Waals surface area contributed by atoms with Crippen LogP contribution in [0.1, 0.15) is 24.2 Å². The number of benzene rings is 2. The summed E-state index contributed by atoms with van der Waals surface area (Å²) in [6.07, 6.45) is 0. The number of fused-ring (bicyclic) bond motifs is 1. The molecule has 0 aliphatic carbocycles. The van der Waals surface area contributed by atoms with Crippen LogP contribution in [0, 0.1) is 0 Å². The molecule has 3 aromatic rings. The Labute approximate surface area is 185 Å². The van der Waals surface area contributed by atoms with Gasteiger partial charge in [0.1, 0.15) is 22.6 Å². The van der Waals surface area contributed by atoms with Crippen molar-refractivity contribution in [1.29, 1.82) is 0 Å². The number of carbonyl (C=O) groups excluding carboxylic acids is 1. The summed E-state index contributed by atoms with van der Waals surface area (Å²) in [4.78, 5) is 27.6. The number of para-hydroxylation sites is 1. The van der Waals surface area contributed by atoms with E-state index in [1.807, 2.05) is 26.0 Å². The predicted octanol–water partition coefficient (Wildman–Crippen LogP) is 3.68. The Hall–Kier alpha value is -3.52. The molecule has 8 nitrogen and oxygen atoms in total. The summed E-state index contributed by atoms with van der Waals surface area (Å²) in [5, 5.41) is 3.47. The maximum absolute atomic E-state index is 13.0. The number of nitrogens with zero attached hydrogens (tertiary/aromatic N) is 1. The summed E-state index contributed by atoms with van der Waals surface area (Å²) in [5.74, 6) is 0.543. The molecule has 0 spiro atoms. The number of ether oxygens (including phenoxy) is 3. The van der Waals surface area contributed by atoms with E-state index >= 15 is 0 Å². The highest BCUT2D eigenvalue weighted by Gasteiger charge is 2.22. The van der Waals surface area contributed by atoms with Gasteiger partial charge in [0.15, 0.2) is 0 Å². The number of hydrogen-bond acceptors (Lipinski definition) is 7. The molecule has 1 N–H and O–H groups in total. The van der Waals surface area contributed by atoms with E-state index in [1.165, 1.54) is 6.07 Å². The summed E-state index contributed by atoms with van der Waals surface area (Å²) in [7, 11) is 0. The SMILES string of the molecule is CCOc1cc(N2CCOCC2)c(OCC)cc1NC(=O)c1cc2ccccc2oc1=O. The Balaban J connectivity index is 1.70. The molecule has 0 atom stereocenters. The van der Waals surface area contributed by atoms with Crippen molar-refractivity contribution < 1.29 is 23.4 Å². The lowest BCUT2D eigenvalue weighted by Crippen LogP contribution is -2.36.